The number of halogens is 1. The number of hydrogen-bond acceptors (Lipinski definition) is 3. The molecule has 7 heteroatoms. The van der Waals surface area contributed by atoms with Crippen molar-refractivity contribution in [1.82, 2.24) is 10.3 Å². The second-order valence-electron chi connectivity index (χ2n) is 5.05. The van der Waals surface area contributed by atoms with E-state index in [-0.39, 0.29) is 18.0 Å². The first kappa shape index (κ1) is 14.8. The fraction of sp³-hybridized carbons (Fsp3) is 0.125. The molecule has 0 aliphatic carbocycles. The molecule has 23 heavy (non-hydrogen) atoms. The van der Waals surface area contributed by atoms with E-state index < -0.39 is 17.9 Å². The Morgan fingerprint density at radius 3 is 2.87 bits per heavy atom. The van der Waals surface area contributed by atoms with Crippen LogP contribution in [0.4, 0.5) is 4.39 Å². The molecule has 3 aromatic rings. The molecule has 0 fully saturated rings. The van der Waals surface area contributed by atoms with Gasteiger partial charge in [-0.1, -0.05) is 0 Å². The van der Waals surface area contributed by atoms with Gasteiger partial charge < -0.3 is 19.8 Å². The summed E-state index contributed by atoms with van der Waals surface area (Å²) < 4.78 is 18.1. The van der Waals surface area contributed by atoms with E-state index in [1.54, 1.807) is 18.3 Å². The third-order valence-corrected chi connectivity index (χ3v) is 3.50. The number of rotatable bonds is 5. The monoisotopic (exact) mass is 316 g/mol. The molecule has 118 valence electrons. The van der Waals surface area contributed by atoms with Crippen LogP contribution < -0.4 is 5.32 Å². The van der Waals surface area contributed by atoms with Crippen molar-refractivity contribution in [3.05, 3.63) is 59.9 Å². The molecule has 0 bridgehead atoms. The van der Waals surface area contributed by atoms with Crippen LogP contribution in [0.25, 0.3) is 10.9 Å². The highest BCUT2D eigenvalue weighted by molar-refractivity contribution is 5.94. The molecule has 0 spiro atoms. The van der Waals surface area contributed by atoms with Crippen molar-refractivity contribution in [1.29, 1.82) is 0 Å². The molecule has 6 nitrogen and oxygen atoms in total. The van der Waals surface area contributed by atoms with Gasteiger partial charge >= 0.3 is 5.97 Å². The van der Waals surface area contributed by atoms with Gasteiger partial charge in [0.15, 0.2) is 5.76 Å². The summed E-state index contributed by atoms with van der Waals surface area (Å²) in [7, 11) is 0. The number of benzene rings is 1. The molecule has 1 unspecified atom stereocenters. The number of hydrogen-bond donors (Lipinski definition) is 3. The highest BCUT2D eigenvalue weighted by Crippen LogP contribution is 2.20. The lowest BCUT2D eigenvalue weighted by atomic mass is 10.0. The standard InChI is InChI=1S/C16H13FN2O4/c17-10-3-4-11-9(8-18-12(11)7-10)6-13(16(21)22)19-15(20)14-2-1-5-23-14/h1-5,7-8,13,18H,6H2,(H,19,20)(H,21,22). The molecule has 1 amide bonds. The molecule has 0 aliphatic heterocycles. The van der Waals surface area contributed by atoms with Crippen LogP contribution in [-0.4, -0.2) is 28.0 Å². The summed E-state index contributed by atoms with van der Waals surface area (Å²) in [6.45, 7) is 0. The number of fused-ring (bicyclic) bond motifs is 1. The second-order valence-corrected chi connectivity index (χ2v) is 5.05. The average molecular weight is 316 g/mol. The molecular formula is C16H13FN2O4. The molecule has 3 N–H and O–H groups in total. The van der Waals surface area contributed by atoms with E-state index in [2.05, 4.69) is 10.3 Å². The zero-order valence-electron chi connectivity index (χ0n) is 11.9. The van der Waals surface area contributed by atoms with Crippen LogP contribution in [-0.2, 0) is 11.2 Å². The predicted octanol–water partition coefficient (Wildman–Crippen LogP) is 2.33. The van der Waals surface area contributed by atoms with Gasteiger partial charge in [-0.3, -0.25) is 4.79 Å². The van der Waals surface area contributed by atoms with Gasteiger partial charge in [0.25, 0.3) is 5.91 Å². The van der Waals surface area contributed by atoms with Gasteiger partial charge in [0.1, 0.15) is 11.9 Å². The fourth-order valence-corrected chi connectivity index (χ4v) is 2.38. The number of carbonyl (C=O) groups excluding carboxylic acids is 1. The number of nitrogens with one attached hydrogen (secondary N) is 2. The lowest BCUT2D eigenvalue weighted by Crippen LogP contribution is -2.42. The number of furan rings is 1. The summed E-state index contributed by atoms with van der Waals surface area (Å²) in [4.78, 5) is 26.2. The molecule has 0 saturated heterocycles. The van der Waals surface area contributed by atoms with Gasteiger partial charge in [-0.2, -0.15) is 0 Å². The number of aliphatic carboxylic acids is 1. The minimum Gasteiger partial charge on any atom is -0.480 e. The zero-order valence-corrected chi connectivity index (χ0v) is 11.9. The van der Waals surface area contributed by atoms with Crippen LogP contribution in [0, 0.1) is 5.82 Å². The maximum Gasteiger partial charge on any atom is 0.326 e. The maximum absolute atomic E-state index is 13.2. The number of carbonyl (C=O) groups is 2. The normalized spacial score (nSPS) is 12.2. The molecule has 3 rings (SSSR count). The maximum atomic E-state index is 13.2. The van der Waals surface area contributed by atoms with E-state index in [1.165, 1.54) is 24.5 Å². The Kier molecular flexibility index (Phi) is 3.84. The van der Waals surface area contributed by atoms with Crippen molar-refractivity contribution in [2.45, 2.75) is 12.5 Å². The Morgan fingerprint density at radius 1 is 1.35 bits per heavy atom. The van der Waals surface area contributed by atoms with Crippen molar-refractivity contribution >= 4 is 22.8 Å². The smallest absolute Gasteiger partial charge is 0.326 e. The van der Waals surface area contributed by atoms with Gasteiger partial charge in [-0.15, -0.1) is 0 Å². The summed E-state index contributed by atoms with van der Waals surface area (Å²) in [6, 6.07) is 6.06. The van der Waals surface area contributed by atoms with E-state index >= 15 is 0 Å². The quantitative estimate of drug-likeness (QED) is 0.673. The first-order chi connectivity index (χ1) is 11.0. The van der Waals surface area contributed by atoms with Gasteiger partial charge in [0.05, 0.1) is 6.26 Å². The Bertz CT molecular complexity index is 854. The highest BCUT2D eigenvalue weighted by atomic mass is 19.1. The van der Waals surface area contributed by atoms with Crippen molar-refractivity contribution < 1.29 is 23.5 Å². The van der Waals surface area contributed by atoms with E-state index in [0.29, 0.717) is 16.5 Å². The summed E-state index contributed by atoms with van der Waals surface area (Å²) in [5.41, 5.74) is 1.24. The summed E-state index contributed by atoms with van der Waals surface area (Å²) in [5, 5.41) is 12.4. The van der Waals surface area contributed by atoms with Crippen molar-refractivity contribution in [2.75, 3.05) is 0 Å². The number of amides is 1. The van der Waals surface area contributed by atoms with Crippen molar-refractivity contribution in [2.24, 2.45) is 0 Å². The number of aromatic amines is 1. The molecule has 0 saturated carbocycles. The second kappa shape index (κ2) is 5.96. The van der Waals surface area contributed by atoms with Gasteiger partial charge in [-0.25, -0.2) is 9.18 Å². The lowest BCUT2D eigenvalue weighted by Gasteiger charge is -2.13. The van der Waals surface area contributed by atoms with Crippen LogP contribution >= 0.6 is 0 Å². The van der Waals surface area contributed by atoms with Gasteiger partial charge in [0, 0.05) is 23.5 Å². The average Bonchev–Trinajstić information content (AvgIpc) is 3.16. The van der Waals surface area contributed by atoms with Crippen LogP contribution in [0.2, 0.25) is 0 Å². The molecule has 1 aromatic carbocycles. The third-order valence-electron chi connectivity index (χ3n) is 3.50. The first-order valence-electron chi connectivity index (χ1n) is 6.87. The minimum atomic E-state index is -1.17. The summed E-state index contributed by atoms with van der Waals surface area (Å²) >= 11 is 0. The largest absolute Gasteiger partial charge is 0.480 e. The molecule has 2 heterocycles. The van der Waals surface area contributed by atoms with E-state index in [9.17, 15) is 19.1 Å². The van der Waals surface area contributed by atoms with Crippen molar-refractivity contribution in [3.63, 3.8) is 0 Å². The number of carboxylic acid groups (broad SMARTS) is 1. The first-order valence-corrected chi connectivity index (χ1v) is 6.87. The van der Waals surface area contributed by atoms with E-state index in [4.69, 9.17) is 4.42 Å². The van der Waals surface area contributed by atoms with Crippen LogP contribution in [0.15, 0.2) is 47.2 Å². The van der Waals surface area contributed by atoms with E-state index in [0.717, 1.165) is 0 Å². The Hall–Kier alpha value is -3.09. The molecule has 0 radical (unpaired) electrons. The SMILES string of the molecule is O=C(NC(Cc1c[nH]c2cc(F)ccc12)C(=O)O)c1ccco1. The van der Waals surface area contributed by atoms with Gasteiger partial charge in [-0.05, 0) is 35.9 Å². The Morgan fingerprint density at radius 2 is 2.17 bits per heavy atom. The lowest BCUT2D eigenvalue weighted by molar-refractivity contribution is -0.139. The number of carboxylic acids is 1. The topological polar surface area (TPSA) is 95.3 Å². The van der Waals surface area contributed by atoms with Gasteiger partial charge in [0.2, 0.25) is 0 Å². The van der Waals surface area contributed by atoms with Crippen LogP contribution in [0.5, 0.6) is 0 Å². The van der Waals surface area contributed by atoms with E-state index in [1.807, 2.05) is 0 Å². The summed E-state index contributed by atoms with van der Waals surface area (Å²) in [6.07, 6.45) is 3.01. The molecular weight excluding hydrogens is 303 g/mol. The highest BCUT2D eigenvalue weighted by Gasteiger charge is 2.23. The predicted molar refractivity (Wildman–Crippen MR) is 79.6 cm³/mol. The molecule has 2 aromatic heterocycles. The van der Waals surface area contributed by atoms with Crippen LogP contribution in [0.1, 0.15) is 16.1 Å². The zero-order chi connectivity index (χ0) is 16.4. The fourth-order valence-electron chi connectivity index (χ4n) is 2.38. The number of aromatic nitrogens is 1. The summed E-state index contributed by atoms with van der Waals surface area (Å²) in [5.74, 6) is -2.11. The number of H-pyrrole nitrogens is 1. The Labute approximate surface area is 129 Å². The molecule has 1 atom stereocenters. The Balaban J connectivity index is 1.81. The molecule has 0 aliphatic rings. The van der Waals surface area contributed by atoms with Crippen LogP contribution in [0.3, 0.4) is 0 Å². The van der Waals surface area contributed by atoms with Crippen molar-refractivity contribution in [3.8, 4) is 0 Å². The minimum absolute atomic E-state index is 0.0391. The third kappa shape index (κ3) is 3.08.